The van der Waals surface area contributed by atoms with Crippen LogP contribution in [0.5, 0.6) is 0 Å². The molecule has 7 nitrogen and oxygen atoms in total. The number of piperazine rings is 2. The third-order valence-electron chi connectivity index (χ3n) is 5.33. The van der Waals surface area contributed by atoms with Gasteiger partial charge in [0.15, 0.2) is 0 Å². The van der Waals surface area contributed by atoms with E-state index in [4.69, 9.17) is 0 Å². The maximum Gasteiger partial charge on any atom is 0.226 e. The van der Waals surface area contributed by atoms with Crippen LogP contribution in [0.3, 0.4) is 0 Å². The molecule has 2 saturated heterocycles. The number of hydrogen-bond acceptors (Lipinski definition) is 4. The second-order valence-corrected chi connectivity index (χ2v) is 6.67. The molecule has 3 aliphatic rings. The van der Waals surface area contributed by atoms with E-state index in [9.17, 15) is 14.4 Å². The SMILES string of the molecule is CCN1CCN(C(=O)C2CC2C(=O)N2CCN(C=O)CC2)CC1. The van der Waals surface area contributed by atoms with Gasteiger partial charge in [0.1, 0.15) is 0 Å². The van der Waals surface area contributed by atoms with Crippen molar-refractivity contribution in [2.24, 2.45) is 11.8 Å². The zero-order chi connectivity index (χ0) is 16.4. The first-order chi connectivity index (χ1) is 11.1. The molecule has 23 heavy (non-hydrogen) atoms. The molecule has 7 heteroatoms. The smallest absolute Gasteiger partial charge is 0.226 e. The molecule has 2 heterocycles. The molecule has 2 atom stereocenters. The van der Waals surface area contributed by atoms with Crippen LogP contribution < -0.4 is 0 Å². The van der Waals surface area contributed by atoms with Crippen molar-refractivity contribution in [3.8, 4) is 0 Å². The van der Waals surface area contributed by atoms with Gasteiger partial charge in [0.25, 0.3) is 0 Å². The fourth-order valence-electron chi connectivity index (χ4n) is 3.54. The number of rotatable bonds is 4. The number of amides is 3. The van der Waals surface area contributed by atoms with Gasteiger partial charge < -0.3 is 19.6 Å². The van der Waals surface area contributed by atoms with Crippen LogP contribution in [0.25, 0.3) is 0 Å². The summed E-state index contributed by atoms with van der Waals surface area (Å²) in [4.78, 5) is 43.5. The van der Waals surface area contributed by atoms with Gasteiger partial charge in [-0.3, -0.25) is 14.4 Å². The number of carbonyl (C=O) groups excluding carboxylic acids is 3. The molecule has 3 rings (SSSR count). The van der Waals surface area contributed by atoms with Crippen LogP contribution in [0.1, 0.15) is 13.3 Å². The summed E-state index contributed by atoms with van der Waals surface area (Å²) in [5.41, 5.74) is 0. The molecule has 0 radical (unpaired) electrons. The molecule has 0 spiro atoms. The molecular weight excluding hydrogens is 296 g/mol. The van der Waals surface area contributed by atoms with E-state index in [1.54, 1.807) is 4.90 Å². The molecule has 1 aliphatic carbocycles. The van der Waals surface area contributed by atoms with E-state index in [1.165, 1.54) is 0 Å². The second kappa shape index (κ2) is 6.86. The number of likely N-dealkylation sites (N-methyl/N-ethyl adjacent to an activating group) is 1. The maximum absolute atomic E-state index is 12.5. The van der Waals surface area contributed by atoms with Crippen molar-refractivity contribution in [3.05, 3.63) is 0 Å². The fraction of sp³-hybridized carbons (Fsp3) is 0.812. The first-order valence-corrected chi connectivity index (χ1v) is 8.63. The van der Waals surface area contributed by atoms with E-state index >= 15 is 0 Å². The standard InChI is InChI=1S/C16H26N4O3/c1-2-17-3-7-19(8-4-17)15(22)13-11-14(13)16(23)20-9-5-18(12-21)6-10-20/h12-14H,2-11H2,1H3. The van der Waals surface area contributed by atoms with Gasteiger partial charge in [0, 0.05) is 52.4 Å². The van der Waals surface area contributed by atoms with Crippen LogP contribution in [0.15, 0.2) is 0 Å². The minimum absolute atomic E-state index is 0.0982. The van der Waals surface area contributed by atoms with Crippen molar-refractivity contribution in [2.45, 2.75) is 13.3 Å². The Balaban J connectivity index is 1.46. The minimum Gasteiger partial charge on any atom is -0.342 e. The lowest BCUT2D eigenvalue weighted by Gasteiger charge is -2.34. The van der Waals surface area contributed by atoms with Crippen molar-refractivity contribution in [1.29, 1.82) is 0 Å². The van der Waals surface area contributed by atoms with Gasteiger partial charge in [-0.05, 0) is 13.0 Å². The fourth-order valence-corrected chi connectivity index (χ4v) is 3.54. The lowest BCUT2D eigenvalue weighted by atomic mass is 10.2. The zero-order valence-electron chi connectivity index (χ0n) is 13.8. The van der Waals surface area contributed by atoms with Crippen LogP contribution in [-0.4, -0.2) is 96.7 Å². The lowest BCUT2D eigenvalue weighted by Crippen LogP contribution is -2.50. The van der Waals surface area contributed by atoms with Gasteiger partial charge in [-0.2, -0.15) is 0 Å². The Morgan fingerprint density at radius 2 is 1.35 bits per heavy atom. The van der Waals surface area contributed by atoms with Gasteiger partial charge in [-0.25, -0.2) is 0 Å². The first kappa shape index (κ1) is 16.2. The number of carbonyl (C=O) groups is 3. The highest BCUT2D eigenvalue weighted by molar-refractivity contribution is 5.92. The summed E-state index contributed by atoms with van der Waals surface area (Å²) < 4.78 is 0. The summed E-state index contributed by atoms with van der Waals surface area (Å²) in [6.07, 6.45) is 1.53. The normalized spacial score (nSPS) is 28.7. The molecule has 0 aromatic carbocycles. The zero-order valence-corrected chi connectivity index (χ0v) is 13.8. The van der Waals surface area contributed by atoms with Gasteiger partial charge in [0.2, 0.25) is 18.2 Å². The van der Waals surface area contributed by atoms with E-state index < -0.39 is 0 Å². The van der Waals surface area contributed by atoms with Gasteiger partial charge in [0.05, 0.1) is 11.8 Å². The van der Waals surface area contributed by atoms with E-state index in [1.807, 2.05) is 9.80 Å². The highest BCUT2D eigenvalue weighted by Crippen LogP contribution is 2.41. The van der Waals surface area contributed by atoms with E-state index in [0.717, 1.165) is 39.1 Å². The minimum atomic E-state index is -0.130. The first-order valence-electron chi connectivity index (χ1n) is 8.63. The van der Waals surface area contributed by atoms with Gasteiger partial charge in [-0.1, -0.05) is 6.92 Å². The van der Waals surface area contributed by atoms with Crippen molar-refractivity contribution in [2.75, 3.05) is 58.9 Å². The largest absolute Gasteiger partial charge is 0.342 e. The van der Waals surface area contributed by atoms with Crippen LogP contribution in [-0.2, 0) is 14.4 Å². The Labute approximate surface area is 137 Å². The number of nitrogens with zero attached hydrogens (tertiary/aromatic N) is 4. The molecule has 0 aromatic rings. The Kier molecular flexibility index (Phi) is 4.84. The molecule has 0 bridgehead atoms. The summed E-state index contributed by atoms with van der Waals surface area (Å²) in [6, 6.07) is 0. The Bertz CT molecular complexity index is 468. The van der Waals surface area contributed by atoms with E-state index in [-0.39, 0.29) is 23.7 Å². The average molecular weight is 322 g/mol. The molecular formula is C16H26N4O3. The topological polar surface area (TPSA) is 64.2 Å². The number of hydrogen-bond donors (Lipinski definition) is 0. The second-order valence-electron chi connectivity index (χ2n) is 6.67. The summed E-state index contributed by atoms with van der Waals surface area (Å²) in [6.45, 7) is 8.96. The Morgan fingerprint density at radius 3 is 1.78 bits per heavy atom. The monoisotopic (exact) mass is 322 g/mol. The molecule has 128 valence electrons. The van der Waals surface area contributed by atoms with Gasteiger partial charge in [-0.15, -0.1) is 0 Å². The Morgan fingerprint density at radius 1 is 0.870 bits per heavy atom. The van der Waals surface area contributed by atoms with Crippen LogP contribution in [0.2, 0.25) is 0 Å². The van der Waals surface area contributed by atoms with E-state index in [2.05, 4.69) is 11.8 Å². The van der Waals surface area contributed by atoms with Crippen molar-refractivity contribution < 1.29 is 14.4 Å². The summed E-state index contributed by atoms with van der Waals surface area (Å²) in [7, 11) is 0. The van der Waals surface area contributed by atoms with Gasteiger partial charge >= 0.3 is 0 Å². The third-order valence-corrected chi connectivity index (χ3v) is 5.33. The highest BCUT2D eigenvalue weighted by atomic mass is 16.2. The van der Waals surface area contributed by atoms with E-state index in [0.29, 0.717) is 32.6 Å². The molecule has 1 saturated carbocycles. The third kappa shape index (κ3) is 3.49. The quantitative estimate of drug-likeness (QED) is 0.629. The lowest BCUT2D eigenvalue weighted by molar-refractivity contribution is -0.140. The van der Waals surface area contributed by atoms with Crippen LogP contribution >= 0.6 is 0 Å². The molecule has 3 fully saturated rings. The summed E-state index contributed by atoms with van der Waals surface area (Å²) >= 11 is 0. The molecule has 3 amide bonds. The Hall–Kier alpha value is -1.63. The maximum atomic E-state index is 12.5. The molecule has 2 aliphatic heterocycles. The predicted octanol–water partition coefficient (Wildman–Crippen LogP) is -0.913. The van der Waals surface area contributed by atoms with Crippen molar-refractivity contribution in [3.63, 3.8) is 0 Å². The summed E-state index contributed by atoms with van der Waals surface area (Å²) in [5, 5.41) is 0. The predicted molar refractivity (Wildman–Crippen MR) is 84.5 cm³/mol. The van der Waals surface area contributed by atoms with Crippen LogP contribution in [0.4, 0.5) is 0 Å². The van der Waals surface area contributed by atoms with Crippen molar-refractivity contribution >= 4 is 18.2 Å². The van der Waals surface area contributed by atoms with Crippen LogP contribution in [0, 0.1) is 11.8 Å². The summed E-state index contributed by atoms with van der Waals surface area (Å²) in [5.74, 6) is 0.0148. The molecule has 2 unspecified atom stereocenters. The molecule has 0 aromatic heterocycles. The highest BCUT2D eigenvalue weighted by Gasteiger charge is 2.51. The molecule has 0 N–H and O–H groups in total. The van der Waals surface area contributed by atoms with Crippen molar-refractivity contribution in [1.82, 2.24) is 19.6 Å². The average Bonchev–Trinajstić information content (AvgIpc) is 3.41.